The van der Waals surface area contributed by atoms with Gasteiger partial charge in [-0.25, -0.2) is 9.59 Å². The van der Waals surface area contributed by atoms with Crippen LogP contribution in [0.3, 0.4) is 0 Å². The van der Waals surface area contributed by atoms with Crippen LogP contribution >= 0.6 is 0 Å². The third kappa shape index (κ3) is 4.56. The summed E-state index contributed by atoms with van der Waals surface area (Å²) < 4.78 is 4.73. The van der Waals surface area contributed by atoms with E-state index in [-0.39, 0.29) is 24.2 Å². The van der Waals surface area contributed by atoms with Crippen LogP contribution in [0.1, 0.15) is 39.6 Å². The van der Waals surface area contributed by atoms with Crippen LogP contribution in [-0.2, 0) is 9.53 Å². The van der Waals surface area contributed by atoms with Crippen molar-refractivity contribution in [2.24, 2.45) is 0 Å². The lowest BCUT2D eigenvalue weighted by atomic mass is 10.0. The van der Waals surface area contributed by atoms with Crippen molar-refractivity contribution in [3.8, 4) is 0 Å². The number of benzene rings is 1. The molecule has 0 aromatic heterocycles. The Labute approximate surface area is 115 Å². The molecule has 6 nitrogen and oxygen atoms in total. The molecule has 0 aliphatic rings. The zero-order valence-corrected chi connectivity index (χ0v) is 10.8. The molecular formula is C14H14O6. The third-order valence-electron chi connectivity index (χ3n) is 2.35. The maximum absolute atomic E-state index is 11.1. The number of esters is 1. The molecule has 0 radical (unpaired) electrons. The van der Waals surface area contributed by atoms with E-state index in [9.17, 15) is 14.4 Å². The molecule has 0 heterocycles. The van der Waals surface area contributed by atoms with Gasteiger partial charge in [0.15, 0.2) is 0 Å². The summed E-state index contributed by atoms with van der Waals surface area (Å²) in [6, 6.07) is 3.74. The van der Waals surface area contributed by atoms with E-state index in [4.69, 9.17) is 14.9 Å². The Balaban J connectivity index is 2.94. The van der Waals surface area contributed by atoms with E-state index in [1.165, 1.54) is 24.3 Å². The van der Waals surface area contributed by atoms with Gasteiger partial charge in [0.05, 0.1) is 24.2 Å². The fraction of sp³-hybridized carbons (Fsp3) is 0.214. The van der Waals surface area contributed by atoms with Crippen molar-refractivity contribution in [2.75, 3.05) is 6.61 Å². The van der Waals surface area contributed by atoms with Crippen molar-refractivity contribution in [3.63, 3.8) is 0 Å². The zero-order valence-electron chi connectivity index (χ0n) is 10.8. The minimum Gasteiger partial charge on any atom is -0.478 e. The quantitative estimate of drug-likeness (QED) is 0.772. The second-order valence-electron chi connectivity index (χ2n) is 3.87. The lowest BCUT2D eigenvalue weighted by molar-refractivity contribution is -0.142. The zero-order chi connectivity index (χ0) is 15.1. The molecule has 0 aliphatic carbocycles. The minimum atomic E-state index is -1.21. The number of hydrogen-bond donors (Lipinski definition) is 2. The SMILES string of the molecule is CCOC(=O)CC=Cc1cc(C(=O)O)cc(C(=O)O)c1. The monoisotopic (exact) mass is 278 g/mol. The molecule has 0 unspecified atom stereocenters. The predicted octanol–water partition coefficient (Wildman–Crippen LogP) is 2.05. The normalized spacial score (nSPS) is 10.4. The van der Waals surface area contributed by atoms with E-state index in [1.54, 1.807) is 6.92 Å². The van der Waals surface area contributed by atoms with E-state index in [0.717, 1.165) is 6.07 Å². The molecule has 6 heteroatoms. The Morgan fingerprint density at radius 2 is 1.65 bits per heavy atom. The van der Waals surface area contributed by atoms with Gasteiger partial charge < -0.3 is 14.9 Å². The Bertz CT molecular complexity index is 527. The Kier molecular flexibility index (Phi) is 5.46. The van der Waals surface area contributed by atoms with Crippen LogP contribution in [0.4, 0.5) is 0 Å². The second-order valence-corrected chi connectivity index (χ2v) is 3.87. The first-order valence-corrected chi connectivity index (χ1v) is 5.88. The molecule has 0 aliphatic heterocycles. The number of aromatic carboxylic acids is 2. The Hall–Kier alpha value is -2.63. The molecule has 0 fully saturated rings. The highest BCUT2D eigenvalue weighted by Crippen LogP contribution is 2.13. The molecule has 0 bridgehead atoms. The molecule has 0 amide bonds. The van der Waals surface area contributed by atoms with Crippen molar-refractivity contribution in [1.82, 2.24) is 0 Å². The molecule has 20 heavy (non-hydrogen) atoms. The summed E-state index contributed by atoms with van der Waals surface area (Å²) >= 11 is 0. The van der Waals surface area contributed by atoms with Crippen molar-refractivity contribution >= 4 is 24.0 Å². The topological polar surface area (TPSA) is 101 Å². The summed E-state index contributed by atoms with van der Waals surface area (Å²) in [6.45, 7) is 1.97. The molecule has 1 rings (SSSR count). The predicted molar refractivity (Wildman–Crippen MR) is 70.6 cm³/mol. The van der Waals surface area contributed by atoms with Crippen LogP contribution in [0.5, 0.6) is 0 Å². The van der Waals surface area contributed by atoms with Gasteiger partial charge in [0, 0.05) is 0 Å². The van der Waals surface area contributed by atoms with Gasteiger partial charge in [-0.3, -0.25) is 4.79 Å². The van der Waals surface area contributed by atoms with Crippen molar-refractivity contribution in [1.29, 1.82) is 0 Å². The van der Waals surface area contributed by atoms with Gasteiger partial charge in [0.25, 0.3) is 0 Å². The standard InChI is InChI=1S/C14H14O6/c1-2-20-12(15)5-3-4-9-6-10(13(16)17)8-11(7-9)14(18)19/h3-4,6-8H,2,5H2,1H3,(H,16,17)(H,18,19). The van der Waals surface area contributed by atoms with Crippen LogP contribution in [0, 0.1) is 0 Å². The van der Waals surface area contributed by atoms with Crippen LogP contribution in [0.2, 0.25) is 0 Å². The van der Waals surface area contributed by atoms with E-state index in [1.807, 2.05) is 0 Å². The summed E-state index contributed by atoms with van der Waals surface area (Å²) in [5.74, 6) is -2.84. The molecule has 0 saturated heterocycles. The van der Waals surface area contributed by atoms with E-state index in [0.29, 0.717) is 5.56 Å². The van der Waals surface area contributed by atoms with Crippen molar-refractivity contribution < 1.29 is 29.3 Å². The summed E-state index contributed by atoms with van der Waals surface area (Å²) in [4.78, 5) is 32.9. The Morgan fingerprint density at radius 3 is 2.10 bits per heavy atom. The fourth-order valence-corrected chi connectivity index (χ4v) is 1.51. The third-order valence-corrected chi connectivity index (χ3v) is 2.35. The molecule has 2 N–H and O–H groups in total. The lowest BCUT2D eigenvalue weighted by Crippen LogP contribution is -2.03. The molecule has 106 valence electrons. The van der Waals surface area contributed by atoms with E-state index in [2.05, 4.69) is 0 Å². The van der Waals surface area contributed by atoms with Crippen molar-refractivity contribution in [3.05, 3.63) is 41.0 Å². The minimum absolute atomic E-state index is 0.0353. The molecule has 0 atom stereocenters. The summed E-state index contributed by atoms with van der Waals surface area (Å²) in [6.07, 6.45) is 3.01. The first kappa shape index (κ1) is 15.4. The number of ether oxygens (including phenoxy) is 1. The fourth-order valence-electron chi connectivity index (χ4n) is 1.51. The maximum Gasteiger partial charge on any atom is 0.335 e. The average molecular weight is 278 g/mol. The van der Waals surface area contributed by atoms with E-state index >= 15 is 0 Å². The van der Waals surface area contributed by atoms with E-state index < -0.39 is 17.9 Å². The lowest BCUT2D eigenvalue weighted by Gasteiger charge is -2.02. The van der Waals surface area contributed by atoms with Gasteiger partial charge in [-0.1, -0.05) is 12.2 Å². The summed E-state index contributed by atoms with van der Waals surface area (Å²) in [5.41, 5.74) is 0.146. The first-order chi connectivity index (χ1) is 9.43. The van der Waals surface area contributed by atoms with Crippen LogP contribution in [0.25, 0.3) is 6.08 Å². The largest absolute Gasteiger partial charge is 0.478 e. The maximum atomic E-state index is 11.1. The molecule has 1 aromatic rings. The van der Waals surface area contributed by atoms with Crippen LogP contribution in [-0.4, -0.2) is 34.7 Å². The molecular weight excluding hydrogens is 264 g/mol. The smallest absolute Gasteiger partial charge is 0.335 e. The van der Waals surface area contributed by atoms with Gasteiger partial charge in [0.1, 0.15) is 0 Å². The highest BCUT2D eigenvalue weighted by molar-refractivity contribution is 5.94. The Morgan fingerprint density at radius 1 is 1.10 bits per heavy atom. The highest BCUT2D eigenvalue weighted by atomic mass is 16.5. The number of rotatable bonds is 6. The number of carbonyl (C=O) groups excluding carboxylic acids is 1. The number of carboxylic acids is 2. The van der Waals surface area contributed by atoms with Crippen molar-refractivity contribution in [2.45, 2.75) is 13.3 Å². The number of carbonyl (C=O) groups is 3. The highest BCUT2D eigenvalue weighted by Gasteiger charge is 2.10. The van der Waals surface area contributed by atoms with Gasteiger partial charge in [-0.05, 0) is 30.7 Å². The van der Waals surface area contributed by atoms with Crippen LogP contribution in [0.15, 0.2) is 24.3 Å². The van der Waals surface area contributed by atoms with Gasteiger partial charge in [-0.2, -0.15) is 0 Å². The summed E-state index contributed by atoms with van der Waals surface area (Å²) in [7, 11) is 0. The first-order valence-electron chi connectivity index (χ1n) is 5.88. The second kappa shape index (κ2) is 7.08. The molecule has 0 saturated carbocycles. The number of hydrogen-bond acceptors (Lipinski definition) is 4. The average Bonchev–Trinajstić information content (AvgIpc) is 2.38. The van der Waals surface area contributed by atoms with Gasteiger partial charge in [0.2, 0.25) is 0 Å². The summed E-state index contributed by atoms with van der Waals surface area (Å²) in [5, 5.41) is 17.8. The number of carboxylic acid groups (broad SMARTS) is 2. The van der Waals surface area contributed by atoms with Gasteiger partial charge in [-0.15, -0.1) is 0 Å². The molecule has 1 aromatic carbocycles. The van der Waals surface area contributed by atoms with Crippen LogP contribution < -0.4 is 0 Å². The van der Waals surface area contributed by atoms with Gasteiger partial charge >= 0.3 is 17.9 Å². The molecule has 0 spiro atoms.